The second-order valence-corrected chi connectivity index (χ2v) is 8.33. The van der Waals surface area contributed by atoms with Crippen molar-refractivity contribution in [3.05, 3.63) is 65.5 Å². The third kappa shape index (κ3) is 4.59. The highest BCUT2D eigenvalue weighted by Crippen LogP contribution is 2.27. The second-order valence-electron chi connectivity index (χ2n) is 8.33. The Morgan fingerprint density at radius 3 is 2.50 bits per heavy atom. The van der Waals surface area contributed by atoms with Gasteiger partial charge in [0, 0.05) is 30.9 Å². The lowest BCUT2D eigenvalue weighted by Gasteiger charge is -2.30. The Morgan fingerprint density at radius 2 is 1.81 bits per heavy atom. The zero-order valence-electron chi connectivity index (χ0n) is 18.9. The third-order valence-corrected chi connectivity index (χ3v) is 5.95. The maximum Gasteiger partial charge on any atom is 0.309 e. The van der Waals surface area contributed by atoms with Gasteiger partial charge in [0.15, 0.2) is 0 Å². The minimum absolute atomic E-state index is 0.0516. The summed E-state index contributed by atoms with van der Waals surface area (Å²) in [5.74, 6) is -0.318. The molecular weight excluding hydrogens is 402 g/mol. The van der Waals surface area contributed by atoms with Gasteiger partial charge in [-0.15, -0.1) is 0 Å². The van der Waals surface area contributed by atoms with Crippen LogP contribution in [-0.2, 0) is 14.3 Å². The third-order valence-electron chi connectivity index (χ3n) is 5.95. The number of likely N-dealkylation sites (tertiary alicyclic amines) is 1. The van der Waals surface area contributed by atoms with Crippen LogP contribution < -0.4 is 0 Å². The summed E-state index contributed by atoms with van der Waals surface area (Å²) in [4.78, 5) is 31.5. The van der Waals surface area contributed by atoms with Gasteiger partial charge in [-0.25, -0.2) is 4.98 Å². The Balaban J connectivity index is 1.57. The quantitative estimate of drug-likeness (QED) is 0.443. The molecular formula is C26H29N3O3. The molecule has 32 heavy (non-hydrogen) atoms. The van der Waals surface area contributed by atoms with E-state index < -0.39 is 0 Å². The number of benzene rings is 1. The Labute approximate surface area is 188 Å². The molecule has 2 aromatic heterocycles. The average Bonchev–Trinajstić information content (AvgIpc) is 3.15. The number of nitrogens with zero attached hydrogens (tertiary/aromatic N) is 3. The molecule has 0 N–H and O–H groups in total. The van der Waals surface area contributed by atoms with Crippen LogP contribution >= 0.6 is 0 Å². The van der Waals surface area contributed by atoms with Gasteiger partial charge < -0.3 is 9.64 Å². The van der Waals surface area contributed by atoms with Crippen LogP contribution in [-0.4, -0.2) is 45.9 Å². The van der Waals surface area contributed by atoms with Crippen molar-refractivity contribution in [3.8, 4) is 11.3 Å². The van der Waals surface area contributed by atoms with Crippen molar-refractivity contribution >= 4 is 23.6 Å². The molecule has 0 spiro atoms. The molecule has 0 unspecified atom stereocenters. The highest BCUT2D eigenvalue weighted by molar-refractivity contribution is 5.93. The number of ether oxygens (including phenoxy) is 1. The Morgan fingerprint density at radius 1 is 1.09 bits per heavy atom. The molecule has 6 nitrogen and oxygen atoms in total. The first-order chi connectivity index (χ1) is 15.5. The number of carbonyl (C=O) groups is 2. The largest absolute Gasteiger partial charge is 0.466 e. The Hall–Kier alpha value is -3.41. The van der Waals surface area contributed by atoms with Gasteiger partial charge in [-0.2, -0.15) is 0 Å². The molecule has 0 bridgehead atoms. The van der Waals surface area contributed by atoms with Crippen LogP contribution in [0, 0.1) is 19.8 Å². The number of hydrogen-bond donors (Lipinski definition) is 0. The molecule has 6 heteroatoms. The van der Waals surface area contributed by atoms with E-state index in [1.54, 1.807) is 11.0 Å². The Kier molecular flexibility index (Phi) is 6.40. The fourth-order valence-corrected chi connectivity index (χ4v) is 4.10. The predicted octanol–water partition coefficient (Wildman–Crippen LogP) is 4.43. The summed E-state index contributed by atoms with van der Waals surface area (Å²) in [6.07, 6.45) is 6.74. The molecule has 3 heterocycles. The van der Waals surface area contributed by atoms with Crippen molar-refractivity contribution in [1.29, 1.82) is 0 Å². The van der Waals surface area contributed by atoms with Crippen LogP contribution in [0.2, 0.25) is 0 Å². The van der Waals surface area contributed by atoms with Gasteiger partial charge in [0.25, 0.3) is 0 Å². The number of fused-ring (bicyclic) bond motifs is 1. The maximum absolute atomic E-state index is 12.9. The molecule has 1 aromatic carbocycles. The fourth-order valence-electron chi connectivity index (χ4n) is 4.10. The van der Waals surface area contributed by atoms with E-state index in [-0.39, 0.29) is 17.8 Å². The van der Waals surface area contributed by atoms with Gasteiger partial charge in [-0.05, 0) is 57.4 Å². The second kappa shape index (κ2) is 9.39. The zero-order chi connectivity index (χ0) is 22.7. The van der Waals surface area contributed by atoms with Crippen molar-refractivity contribution in [2.75, 3.05) is 19.7 Å². The van der Waals surface area contributed by atoms with E-state index in [0.29, 0.717) is 32.5 Å². The van der Waals surface area contributed by atoms with E-state index in [0.717, 1.165) is 28.2 Å². The normalized spacial score (nSPS) is 14.9. The summed E-state index contributed by atoms with van der Waals surface area (Å²) < 4.78 is 7.13. The highest BCUT2D eigenvalue weighted by atomic mass is 16.5. The minimum Gasteiger partial charge on any atom is -0.466 e. The van der Waals surface area contributed by atoms with E-state index in [2.05, 4.69) is 31.2 Å². The number of hydrogen-bond acceptors (Lipinski definition) is 4. The number of amides is 1. The van der Waals surface area contributed by atoms with Crippen LogP contribution in [0.3, 0.4) is 0 Å². The SMILES string of the molecule is CCOC(=O)C1CCN(C(=O)/C=C/c2c(-c3ccc(C)cc3)nc3cc(C)ccn23)CC1. The number of pyridine rings is 1. The first-order valence-electron chi connectivity index (χ1n) is 11.2. The lowest BCUT2D eigenvalue weighted by molar-refractivity contribution is -0.150. The lowest BCUT2D eigenvalue weighted by Crippen LogP contribution is -2.39. The first kappa shape index (κ1) is 21.8. The van der Waals surface area contributed by atoms with Gasteiger partial charge >= 0.3 is 5.97 Å². The van der Waals surface area contributed by atoms with Crippen LogP contribution in [0.1, 0.15) is 36.6 Å². The molecule has 1 amide bonds. The predicted molar refractivity (Wildman–Crippen MR) is 125 cm³/mol. The van der Waals surface area contributed by atoms with Gasteiger partial charge in [0.2, 0.25) is 5.91 Å². The number of esters is 1. The van der Waals surface area contributed by atoms with Gasteiger partial charge in [0.05, 0.1) is 23.9 Å². The summed E-state index contributed by atoms with van der Waals surface area (Å²) >= 11 is 0. The van der Waals surface area contributed by atoms with Gasteiger partial charge in [-0.1, -0.05) is 29.8 Å². The number of aryl methyl sites for hydroxylation is 2. The number of carbonyl (C=O) groups excluding carboxylic acids is 2. The highest BCUT2D eigenvalue weighted by Gasteiger charge is 2.27. The van der Waals surface area contributed by atoms with E-state index in [1.165, 1.54) is 5.56 Å². The molecule has 1 fully saturated rings. The Bertz CT molecular complexity index is 1150. The molecule has 0 radical (unpaired) electrons. The van der Waals surface area contributed by atoms with Crippen LogP contribution in [0.4, 0.5) is 0 Å². The van der Waals surface area contributed by atoms with Crippen LogP contribution in [0.15, 0.2) is 48.7 Å². The van der Waals surface area contributed by atoms with Crippen molar-refractivity contribution in [3.63, 3.8) is 0 Å². The minimum atomic E-state index is -0.154. The molecule has 0 saturated carbocycles. The standard InChI is InChI=1S/C26H29N3O3/c1-4-32-26(31)21-12-14-28(15-13-21)24(30)10-9-22-25(20-7-5-18(2)6-8-20)27-23-17-19(3)11-16-29(22)23/h5-11,16-17,21H,4,12-15H2,1-3H3/b10-9+. The number of piperidine rings is 1. The smallest absolute Gasteiger partial charge is 0.309 e. The van der Waals surface area contributed by atoms with E-state index in [9.17, 15) is 9.59 Å². The molecule has 0 atom stereocenters. The molecule has 0 aliphatic carbocycles. The molecule has 1 saturated heterocycles. The average molecular weight is 432 g/mol. The van der Waals surface area contributed by atoms with Crippen LogP contribution in [0.5, 0.6) is 0 Å². The molecule has 1 aliphatic heterocycles. The maximum atomic E-state index is 12.9. The van der Waals surface area contributed by atoms with E-state index in [4.69, 9.17) is 9.72 Å². The number of rotatable bonds is 5. The first-order valence-corrected chi connectivity index (χ1v) is 11.2. The molecule has 4 rings (SSSR count). The number of imidazole rings is 1. The summed E-state index contributed by atoms with van der Waals surface area (Å²) in [5.41, 5.74) is 5.90. The summed E-state index contributed by atoms with van der Waals surface area (Å²) in [6, 6.07) is 12.3. The van der Waals surface area contributed by atoms with Crippen molar-refractivity contribution in [2.24, 2.45) is 5.92 Å². The topological polar surface area (TPSA) is 63.9 Å². The molecule has 1 aliphatic rings. The van der Waals surface area contributed by atoms with Gasteiger partial charge in [0.1, 0.15) is 5.65 Å². The number of aromatic nitrogens is 2. The summed E-state index contributed by atoms with van der Waals surface area (Å²) in [7, 11) is 0. The van der Waals surface area contributed by atoms with Crippen molar-refractivity contribution in [2.45, 2.75) is 33.6 Å². The summed E-state index contributed by atoms with van der Waals surface area (Å²) in [5, 5.41) is 0. The van der Waals surface area contributed by atoms with E-state index in [1.807, 2.05) is 42.7 Å². The summed E-state index contributed by atoms with van der Waals surface area (Å²) in [6.45, 7) is 7.42. The van der Waals surface area contributed by atoms with Crippen LogP contribution in [0.25, 0.3) is 23.0 Å². The molecule has 3 aromatic rings. The zero-order valence-corrected chi connectivity index (χ0v) is 18.9. The van der Waals surface area contributed by atoms with Crippen molar-refractivity contribution < 1.29 is 14.3 Å². The fraction of sp³-hybridized carbons (Fsp3) is 0.346. The molecule has 166 valence electrons. The van der Waals surface area contributed by atoms with Gasteiger partial charge in [-0.3, -0.25) is 14.0 Å². The monoisotopic (exact) mass is 431 g/mol. The lowest BCUT2D eigenvalue weighted by atomic mass is 9.97. The van der Waals surface area contributed by atoms with E-state index >= 15 is 0 Å². The van der Waals surface area contributed by atoms with Crippen molar-refractivity contribution in [1.82, 2.24) is 14.3 Å².